The van der Waals surface area contributed by atoms with E-state index in [4.69, 9.17) is 14.2 Å². The highest BCUT2D eigenvalue weighted by atomic mass is 16.5. The number of nitrogens with one attached hydrogen (secondary N) is 1. The number of methoxy groups -OCH3 is 2. The Morgan fingerprint density at radius 2 is 1.92 bits per heavy atom. The Morgan fingerprint density at radius 1 is 1.17 bits per heavy atom. The van der Waals surface area contributed by atoms with Gasteiger partial charge in [-0.2, -0.15) is 0 Å². The Kier molecular flexibility index (Phi) is 7.82. The monoisotopic (exact) mass is 337 g/mol. The minimum absolute atomic E-state index is 0.322. The number of rotatable bonds is 9. The second kappa shape index (κ2) is 9.87. The Hall–Kier alpha value is -1.30. The largest absolute Gasteiger partial charge is 0.493 e. The number of hydrogen-bond acceptors (Lipinski definition) is 5. The average Bonchev–Trinajstić information content (AvgIpc) is 2.61. The van der Waals surface area contributed by atoms with E-state index < -0.39 is 6.10 Å². The number of ether oxygens (including phenoxy) is 3. The summed E-state index contributed by atoms with van der Waals surface area (Å²) in [7, 11) is 3.23. The van der Waals surface area contributed by atoms with E-state index in [1.165, 1.54) is 25.7 Å². The lowest BCUT2D eigenvalue weighted by Crippen LogP contribution is -2.42. The van der Waals surface area contributed by atoms with E-state index in [9.17, 15) is 5.11 Å². The third kappa shape index (κ3) is 5.65. The van der Waals surface area contributed by atoms with Crippen molar-refractivity contribution in [1.82, 2.24) is 5.32 Å². The van der Waals surface area contributed by atoms with Gasteiger partial charge in [0.1, 0.15) is 0 Å². The van der Waals surface area contributed by atoms with Gasteiger partial charge in [0.15, 0.2) is 11.5 Å². The molecule has 0 bridgehead atoms. The molecule has 0 amide bonds. The Labute approximate surface area is 145 Å². The predicted molar refractivity (Wildman–Crippen MR) is 94.6 cm³/mol. The molecule has 1 aliphatic rings. The molecule has 0 unspecified atom stereocenters. The van der Waals surface area contributed by atoms with Gasteiger partial charge >= 0.3 is 0 Å². The number of benzene rings is 1. The van der Waals surface area contributed by atoms with Crippen LogP contribution in [0, 0.1) is 5.92 Å². The summed E-state index contributed by atoms with van der Waals surface area (Å²) in [5, 5.41) is 13.6. The van der Waals surface area contributed by atoms with Crippen LogP contribution in [0.3, 0.4) is 0 Å². The summed E-state index contributed by atoms with van der Waals surface area (Å²) in [6.07, 6.45) is 4.62. The molecule has 5 heteroatoms. The zero-order valence-corrected chi connectivity index (χ0v) is 15.1. The van der Waals surface area contributed by atoms with E-state index in [0.29, 0.717) is 43.2 Å². The van der Waals surface area contributed by atoms with Crippen LogP contribution in [0.25, 0.3) is 0 Å². The zero-order valence-electron chi connectivity index (χ0n) is 15.1. The zero-order chi connectivity index (χ0) is 17.4. The first-order chi connectivity index (χ1) is 11.6. The number of hydrogen-bond donors (Lipinski definition) is 2. The second-order valence-electron chi connectivity index (χ2n) is 6.63. The van der Waals surface area contributed by atoms with E-state index in [1.54, 1.807) is 14.2 Å². The molecule has 136 valence electrons. The molecule has 1 aromatic rings. The van der Waals surface area contributed by atoms with Gasteiger partial charge in [-0.05, 0) is 36.5 Å². The van der Waals surface area contributed by atoms with Crippen LogP contribution in [0.15, 0.2) is 18.2 Å². The van der Waals surface area contributed by atoms with Crippen LogP contribution in [0.2, 0.25) is 0 Å². The van der Waals surface area contributed by atoms with E-state index in [2.05, 4.69) is 12.2 Å². The van der Waals surface area contributed by atoms with Crippen LogP contribution < -0.4 is 14.8 Å². The molecule has 0 radical (unpaired) electrons. The van der Waals surface area contributed by atoms with Crippen LogP contribution in [0.4, 0.5) is 0 Å². The van der Waals surface area contributed by atoms with Crippen molar-refractivity contribution in [3.8, 4) is 11.5 Å². The third-order valence-electron chi connectivity index (χ3n) is 4.75. The summed E-state index contributed by atoms with van der Waals surface area (Å²) in [6.45, 7) is 3.64. The lowest BCUT2D eigenvalue weighted by atomic mass is 9.86. The number of aliphatic hydroxyl groups excluding tert-OH is 1. The van der Waals surface area contributed by atoms with E-state index >= 15 is 0 Å². The van der Waals surface area contributed by atoms with Gasteiger partial charge in [0.25, 0.3) is 0 Å². The first-order valence-electron chi connectivity index (χ1n) is 8.84. The fourth-order valence-corrected chi connectivity index (χ4v) is 3.25. The lowest BCUT2D eigenvalue weighted by Gasteiger charge is -2.30. The summed E-state index contributed by atoms with van der Waals surface area (Å²) >= 11 is 0. The van der Waals surface area contributed by atoms with Crippen LogP contribution in [0.5, 0.6) is 11.5 Å². The molecule has 3 atom stereocenters. The van der Waals surface area contributed by atoms with Gasteiger partial charge in [0.05, 0.1) is 33.5 Å². The molecule has 1 fully saturated rings. The molecule has 5 nitrogen and oxygen atoms in total. The molecule has 2 N–H and O–H groups in total. The first kappa shape index (κ1) is 19.0. The average molecular weight is 337 g/mol. The smallest absolute Gasteiger partial charge is 0.161 e. The van der Waals surface area contributed by atoms with Crippen molar-refractivity contribution in [3.05, 3.63) is 23.8 Å². The highest BCUT2D eigenvalue weighted by Crippen LogP contribution is 2.27. The molecule has 0 saturated heterocycles. The van der Waals surface area contributed by atoms with Crippen molar-refractivity contribution >= 4 is 0 Å². The number of aliphatic hydroxyl groups is 1. The minimum atomic E-state index is -0.487. The van der Waals surface area contributed by atoms with Gasteiger partial charge in [0, 0.05) is 12.6 Å². The van der Waals surface area contributed by atoms with Gasteiger partial charge in [-0.3, -0.25) is 0 Å². The van der Waals surface area contributed by atoms with E-state index in [1.807, 2.05) is 18.2 Å². The van der Waals surface area contributed by atoms with E-state index in [-0.39, 0.29) is 0 Å². The van der Waals surface area contributed by atoms with Crippen molar-refractivity contribution in [2.45, 2.75) is 51.4 Å². The fraction of sp³-hybridized carbons (Fsp3) is 0.684. The van der Waals surface area contributed by atoms with Crippen molar-refractivity contribution in [2.75, 3.05) is 27.4 Å². The van der Waals surface area contributed by atoms with Crippen LogP contribution in [-0.4, -0.2) is 44.6 Å². The van der Waals surface area contributed by atoms with Crippen molar-refractivity contribution in [3.63, 3.8) is 0 Å². The highest BCUT2D eigenvalue weighted by Gasteiger charge is 2.21. The standard InChI is InChI=1S/C19H31NO4/c1-14-6-4-5-7-17(14)20-11-16(21)13-24-12-15-8-9-18(22-2)19(10-15)23-3/h8-10,14,16-17,20-21H,4-7,11-13H2,1-3H3/t14-,16+,17+/m1/s1. The third-order valence-corrected chi connectivity index (χ3v) is 4.75. The van der Waals surface area contributed by atoms with Crippen molar-refractivity contribution < 1.29 is 19.3 Å². The molecular formula is C19H31NO4. The Balaban J connectivity index is 1.69. The topological polar surface area (TPSA) is 60.0 Å². The van der Waals surface area contributed by atoms with Crippen LogP contribution in [0.1, 0.15) is 38.2 Å². The van der Waals surface area contributed by atoms with Crippen LogP contribution in [-0.2, 0) is 11.3 Å². The van der Waals surface area contributed by atoms with Crippen molar-refractivity contribution in [1.29, 1.82) is 0 Å². The van der Waals surface area contributed by atoms with E-state index in [0.717, 1.165) is 5.56 Å². The SMILES string of the molecule is COc1ccc(COC[C@@H](O)CN[C@H]2CCCC[C@H]2C)cc1OC. The summed E-state index contributed by atoms with van der Waals surface area (Å²) in [4.78, 5) is 0. The quantitative estimate of drug-likeness (QED) is 0.725. The lowest BCUT2D eigenvalue weighted by molar-refractivity contribution is 0.0259. The molecule has 24 heavy (non-hydrogen) atoms. The molecule has 0 spiro atoms. The molecule has 0 aliphatic heterocycles. The molecule has 0 aromatic heterocycles. The van der Waals surface area contributed by atoms with Gasteiger partial charge in [-0.15, -0.1) is 0 Å². The molecule has 0 heterocycles. The maximum Gasteiger partial charge on any atom is 0.161 e. The predicted octanol–water partition coefficient (Wildman–Crippen LogP) is 2.75. The minimum Gasteiger partial charge on any atom is -0.493 e. The molecule has 1 aliphatic carbocycles. The molecular weight excluding hydrogens is 306 g/mol. The molecule has 1 aromatic carbocycles. The summed E-state index contributed by atoms with van der Waals surface area (Å²) in [6, 6.07) is 6.22. The summed E-state index contributed by atoms with van der Waals surface area (Å²) < 4.78 is 16.1. The maximum atomic E-state index is 10.1. The van der Waals surface area contributed by atoms with Gasteiger partial charge < -0.3 is 24.6 Å². The molecule has 2 rings (SSSR count). The Morgan fingerprint density at radius 3 is 2.62 bits per heavy atom. The van der Waals surface area contributed by atoms with Gasteiger partial charge in [0.2, 0.25) is 0 Å². The molecule has 1 saturated carbocycles. The second-order valence-corrected chi connectivity index (χ2v) is 6.63. The van der Waals surface area contributed by atoms with Gasteiger partial charge in [-0.1, -0.05) is 25.8 Å². The normalized spacial score (nSPS) is 22.2. The fourth-order valence-electron chi connectivity index (χ4n) is 3.25. The summed E-state index contributed by atoms with van der Waals surface area (Å²) in [5.41, 5.74) is 0.994. The Bertz CT molecular complexity index is 494. The van der Waals surface area contributed by atoms with Crippen molar-refractivity contribution in [2.24, 2.45) is 5.92 Å². The first-order valence-corrected chi connectivity index (χ1v) is 8.84. The maximum absolute atomic E-state index is 10.1. The van der Waals surface area contributed by atoms with Gasteiger partial charge in [-0.25, -0.2) is 0 Å². The highest BCUT2D eigenvalue weighted by molar-refractivity contribution is 5.42. The van der Waals surface area contributed by atoms with Crippen LogP contribution >= 0.6 is 0 Å². The summed E-state index contributed by atoms with van der Waals surface area (Å²) in [5.74, 6) is 2.08.